The second-order valence-corrected chi connectivity index (χ2v) is 8.44. The van der Waals surface area contributed by atoms with Crippen molar-refractivity contribution in [2.45, 2.75) is 58.9 Å². The number of aromatic nitrogens is 4. The van der Waals surface area contributed by atoms with Crippen molar-refractivity contribution in [3.63, 3.8) is 0 Å². The van der Waals surface area contributed by atoms with Crippen LogP contribution >= 0.6 is 11.3 Å². The molecule has 7 heteroatoms. The predicted molar refractivity (Wildman–Crippen MR) is 94.5 cm³/mol. The third kappa shape index (κ3) is 4.01. The van der Waals surface area contributed by atoms with Gasteiger partial charge in [-0.1, -0.05) is 33.6 Å². The van der Waals surface area contributed by atoms with Gasteiger partial charge in [0.2, 0.25) is 5.91 Å². The number of nitrogens with one attached hydrogen (secondary N) is 2. The summed E-state index contributed by atoms with van der Waals surface area (Å²) in [7, 11) is 0. The first-order chi connectivity index (χ1) is 11.4. The van der Waals surface area contributed by atoms with Gasteiger partial charge in [-0.2, -0.15) is 5.10 Å². The molecule has 2 aromatic rings. The zero-order valence-corrected chi connectivity index (χ0v) is 15.3. The molecule has 1 aliphatic carbocycles. The minimum atomic E-state index is 0.0607. The van der Waals surface area contributed by atoms with Crippen molar-refractivity contribution in [3.8, 4) is 10.8 Å². The zero-order valence-electron chi connectivity index (χ0n) is 14.5. The molecule has 2 aromatic heterocycles. The molecule has 6 nitrogen and oxygen atoms in total. The van der Waals surface area contributed by atoms with Crippen molar-refractivity contribution in [2.24, 2.45) is 11.3 Å². The highest BCUT2D eigenvalue weighted by Gasteiger charge is 2.34. The standard InChI is InChI=1S/C17H25N5OS/c1-17(2,3)12-6-4-5-7-13(12)21-14(23)8-11-9-24-16(20-11)15-18-10-19-22-15/h9-10,12-13H,4-8H2,1-3H3,(H,21,23)(H,18,19,22). The predicted octanol–water partition coefficient (Wildman–Crippen LogP) is 3.19. The van der Waals surface area contributed by atoms with E-state index < -0.39 is 0 Å². The van der Waals surface area contributed by atoms with Gasteiger partial charge in [-0.3, -0.25) is 9.89 Å². The fourth-order valence-electron chi connectivity index (χ4n) is 3.57. The molecule has 1 aliphatic rings. The maximum absolute atomic E-state index is 12.5. The Bertz CT molecular complexity index is 673. The molecule has 0 spiro atoms. The van der Waals surface area contributed by atoms with E-state index in [0.29, 0.717) is 18.2 Å². The molecule has 1 amide bonds. The molecule has 2 heterocycles. The average Bonchev–Trinajstić information content (AvgIpc) is 3.17. The minimum Gasteiger partial charge on any atom is -0.353 e. The lowest BCUT2D eigenvalue weighted by atomic mass is 9.69. The van der Waals surface area contributed by atoms with Gasteiger partial charge in [-0.25, -0.2) is 9.97 Å². The molecule has 2 N–H and O–H groups in total. The smallest absolute Gasteiger partial charge is 0.226 e. The van der Waals surface area contributed by atoms with Crippen molar-refractivity contribution in [1.29, 1.82) is 0 Å². The number of amides is 1. The SMILES string of the molecule is CC(C)(C)C1CCCCC1NC(=O)Cc1csc(-c2ncn[nH]2)n1. The zero-order chi connectivity index (χ0) is 17.2. The molecule has 3 rings (SSSR count). The number of H-pyrrole nitrogens is 1. The van der Waals surface area contributed by atoms with Crippen molar-refractivity contribution >= 4 is 17.2 Å². The van der Waals surface area contributed by atoms with Gasteiger partial charge in [-0.15, -0.1) is 11.3 Å². The van der Waals surface area contributed by atoms with Gasteiger partial charge >= 0.3 is 0 Å². The summed E-state index contributed by atoms with van der Waals surface area (Å²) in [5.41, 5.74) is 1.00. The van der Waals surface area contributed by atoms with Gasteiger partial charge < -0.3 is 5.32 Å². The number of aromatic amines is 1. The molecule has 1 fully saturated rings. The molecule has 0 aromatic carbocycles. The number of thiazole rings is 1. The Labute approximate surface area is 146 Å². The number of nitrogens with zero attached hydrogens (tertiary/aromatic N) is 3. The molecule has 0 aliphatic heterocycles. The Morgan fingerprint density at radius 1 is 1.38 bits per heavy atom. The van der Waals surface area contributed by atoms with Gasteiger partial charge in [0.1, 0.15) is 6.33 Å². The van der Waals surface area contributed by atoms with Crippen LogP contribution in [0.5, 0.6) is 0 Å². The number of rotatable bonds is 4. The highest BCUT2D eigenvalue weighted by molar-refractivity contribution is 7.13. The number of hydrogen-bond donors (Lipinski definition) is 2. The molecule has 0 radical (unpaired) electrons. The normalized spacial score (nSPS) is 21.6. The lowest BCUT2D eigenvalue weighted by Crippen LogP contribution is -2.47. The van der Waals surface area contributed by atoms with E-state index in [1.54, 1.807) is 0 Å². The van der Waals surface area contributed by atoms with Crippen LogP contribution in [0.15, 0.2) is 11.7 Å². The van der Waals surface area contributed by atoms with Crippen LogP contribution in [0.25, 0.3) is 10.8 Å². The molecule has 1 saturated carbocycles. The van der Waals surface area contributed by atoms with Crippen LogP contribution in [0.1, 0.15) is 52.1 Å². The van der Waals surface area contributed by atoms with Crippen LogP contribution in [-0.2, 0) is 11.2 Å². The Balaban J connectivity index is 1.61. The van der Waals surface area contributed by atoms with Gasteiger partial charge in [0, 0.05) is 11.4 Å². The Morgan fingerprint density at radius 3 is 2.88 bits per heavy atom. The largest absolute Gasteiger partial charge is 0.353 e. The average molecular weight is 347 g/mol. The Hall–Kier alpha value is -1.76. The third-order valence-electron chi connectivity index (χ3n) is 4.74. The fourth-order valence-corrected chi connectivity index (χ4v) is 4.33. The monoisotopic (exact) mass is 347 g/mol. The molecule has 24 heavy (non-hydrogen) atoms. The second-order valence-electron chi connectivity index (χ2n) is 7.59. The van der Waals surface area contributed by atoms with E-state index in [1.807, 2.05) is 5.38 Å². The van der Waals surface area contributed by atoms with Crippen molar-refractivity contribution in [1.82, 2.24) is 25.5 Å². The summed E-state index contributed by atoms with van der Waals surface area (Å²) in [5, 5.41) is 12.6. The van der Waals surface area contributed by atoms with Crippen molar-refractivity contribution < 1.29 is 4.79 Å². The van der Waals surface area contributed by atoms with E-state index in [9.17, 15) is 4.79 Å². The van der Waals surface area contributed by atoms with E-state index in [2.05, 4.69) is 46.3 Å². The van der Waals surface area contributed by atoms with E-state index in [-0.39, 0.29) is 17.4 Å². The van der Waals surface area contributed by atoms with Gasteiger partial charge in [0.15, 0.2) is 10.8 Å². The molecule has 0 bridgehead atoms. The van der Waals surface area contributed by atoms with E-state index in [1.165, 1.54) is 36.9 Å². The summed E-state index contributed by atoms with van der Waals surface area (Å²) in [6.45, 7) is 6.81. The van der Waals surface area contributed by atoms with Crippen LogP contribution < -0.4 is 5.32 Å². The maximum Gasteiger partial charge on any atom is 0.226 e. The summed E-state index contributed by atoms with van der Waals surface area (Å²) in [4.78, 5) is 21.0. The third-order valence-corrected chi connectivity index (χ3v) is 5.63. The molecular formula is C17H25N5OS. The molecule has 130 valence electrons. The first-order valence-corrected chi connectivity index (χ1v) is 9.41. The number of carbonyl (C=O) groups is 1. The van der Waals surface area contributed by atoms with Gasteiger partial charge in [-0.05, 0) is 24.2 Å². The Kier molecular flexibility index (Phi) is 4.99. The summed E-state index contributed by atoms with van der Waals surface area (Å²) in [6, 6.07) is 0.277. The van der Waals surface area contributed by atoms with Gasteiger partial charge in [0.05, 0.1) is 12.1 Å². The summed E-state index contributed by atoms with van der Waals surface area (Å²) in [6.07, 6.45) is 6.51. The minimum absolute atomic E-state index is 0.0607. The first kappa shape index (κ1) is 17.1. The first-order valence-electron chi connectivity index (χ1n) is 8.53. The highest BCUT2D eigenvalue weighted by atomic mass is 32.1. The number of hydrogen-bond acceptors (Lipinski definition) is 5. The van der Waals surface area contributed by atoms with E-state index in [4.69, 9.17) is 0 Å². The molecule has 0 saturated heterocycles. The summed E-state index contributed by atoms with van der Waals surface area (Å²) >= 11 is 1.48. The van der Waals surface area contributed by atoms with E-state index in [0.717, 1.165) is 17.1 Å². The van der Waals surface area contributed by atoms with Crippen LogP contribution in [-0.4, -0.2) is 32.1 Å². The Morgan fingerprint density at radius 2 is 2.17 bits per heavy atom. The van der Waals surface area contributed by atoms with Crippen molar-refractivity contribution in [3.05, 3.63) is 17.4 Å². The van der Waals surface area contributed by atoms with Gasteiger partial charge in [0.25, 0.3) is 0 Å². The molecule has 2 unspecified atom stereocenters. The van der Waals surface area contributed by atoms with Crippen LogP contribution in [0.3, 0.4) is 0 Å². The highest BCUT2D eigenvalue weighted by Crippen LogP contribution is 2.38. The quantitative estimate of drug-likeness (QED) is 0.889. The lowest BCUT2D eigenvalue weighted by molar-refractivity contribution is -0.122. The van der Waals surface area contributed by atoms with Crippen LogP contribution in [0, 0.1) is 11.3 Å². The maximum atomic E-state index is 12.5. The molecule has 2 atom stereocenters. The second kappa shape index (κ2) is 7.01. The van der Waals surface area contributed by atoms with Crippen LogP contribution in [0.4, 0.5) is 0 Å². The van der Waals surface area contributed by atoms with Crippen molar-refractivity contribution in [2.75, 3.05) is 0 Å². The fraction of sp³-hybridized carbons (Fsp3) is 0.647. The van der Waals surface area contributed by atoms with E-state index >= 15 is 0 Å². The summed E-state index contributed by atoms with van der Waals surface area (Å²) in [5.74, 6) is 1.24. The summed E-state index contributed by atoms with van der Waals surface area (Å²) < 4.78 is 0. The number of carbonyl (C=O) groups excluding carboxylic acids is 1. The van der Waals surface area contributed by atoms with Crippen LogP contribution in [0.2, 0.25) is 0 Å². The molecular weight excluding hydrogens is 322 g/mol. The topological polar surface area (TPSA) is 83.6 Å². The lowest BCUT2D eigenvalue weighted by Gasteiger charge is -2.40.